The van der Waals surface area contributed by atoms with E-state index in [0.717, 1.165) is 32.7 Å². The largest absolute Gasteiger partial charge is 0.493 e. The highest BCUT2D eigenvalue weighted by molar-refractivity contribution is 7.90. The summed E-state index contributed by atoms with van der Waals surface area (Å²) in [4.78, 5) is 55.7. The normalized spacial score (nSPS) is 12.9. The number of anilines is 2. The number of rotatable bonds is 18. The van der Waals surface area contributed by atoms with Gasteiger partial charge < -0.3 is 28.7 Å². The molecule has 0 atom stereocenters. The molecular weight excluding hydrogens is 1030 g/mol. The number of hydrogen-bond donors (Lipinski definition) is 2. The monoisotopic (exact) mass is 1090 g/mol. The molecule has 2 heterocycles. The average Bonchev–Trinajstić information content (AvgIpc) is 4.03. The van der Waals surface area contributed by atoms with Crippen LogP contribution >= 0.6 is 0 Å². The van der Waals surface area contributed by atoms with Crippen molar-refractivity contribution in [1.29, 1.82) is 0 Å². The highest BCUT2D eigenvalue weighted by atomic mass is 32.2. The Labute approximate surface area is 452 Å². The van der Waals surface area contributed by atoms with Gasteiger partial charge in [-0.15, -0.1) is 0 Å². The highest BCUT2D eigenvalue weighted by Crippen LogP contribution is 2.48. The molecule has 2 aliphatic heterocycles. The van der Waals surface area contributed by atoms with E-state index in [1.165, 1.54) is 24.3 Å². The molecule has 0 bridgehead atoms. The predicted octanol–water partition coefficient (Wildman–Crippen LogP) is 9.69. The molecule has 0 saturated carbocycles. The van der Waals surface area contributed by atoms with Crippen molar-refractivity contribution in [2.45, 2.75) is 63.4 Å². The Kier molecular flexibility index (Phi) is 16.1. The molecule has 0 spiro atoms. The van der Waals surface area contributed by atoms with Gasteiger partial charge in [-0.05, 0) is 87.4 Å². The van der Waals surface area contributed by atoms with Crippen LogP contribution in [0.15, 0.2) is 168 Å². The van der Waals surface area contributed by atoms with E-state index in [0.29, 0.717) is 96.1 Å². The molecule has 10 rings (SSSR count). The lowest BCUT2D eigenvalue weighted by Gasteiger charge is -2.16. The Hall–Kier alpha value is -8.74. The maximum absolute atomic E-state index is 13.7. The van der Waals surface area contributed by atoms with Crippen molar-refractivity contribution in [1.82, 2.24) is 9.44 Å². The van der Waals surface area contributed by atoms with E-state index < -0.39 is 31.9 Å². The first-order valence-corrected chi connectivity index (χ1v) is 28.3. The summed E-state index contributed by atoms with van der Waals surface area (Å²) < 4.78 is 78.0. The van der Waals surface area contributed by atoms with Gasteiger partial charge in [0.05, 0.1) is 73.3 Å². The number of fused-ring (bicyclic) bond motifs is 4. The maximum atomic E-state index is 13.7. The topological polar surface area (TPSA) is 204 Å². The fourth-order valence-electron chi connectivity index (χ4n) is 9.61. The minimum absolute atomic E-state index is 0.0197. The van der Waals surface area contributed by atoms with Crippen LogP contribution in [0.4, 0.5) is 11.4 Å². The van der Waals surface area contributed by atoms with Crippen LogP contribution in [0.3, 0.4) is 0 Å². The molecule has 0 aromatic heterocycles. The molecule has 2 N–H and O–H groups in total. The minimum Gasteiger partial charge on any atom is -0.493 e. The first kappa shape index (κ1) is 54.1. The molecule has 0 saturated heterocycles. The Bertz CT molecular complexity index is 3550. The van der Waals surface area contributed by atoms with Gasteiger partial charge in [-0.1, -0.05) is 109 Å². The number of hydrogen-bond acceptors (Lipinski definition) is 12. The van der Waals surface area contributed by atoms with Gasteiger partial charge in [0.15, 0.2) is 0 Å². The second-order valence-corrected chi connectivity index (χ2v) is 21.4. The van der Waals surface area contributed by atoms with Crippen molar-refractivity contribution in [3.05, 3.63) is 191 Å². The fourth-order valence-corrected chi connectivity index (χ4v) is 11.6. The van der Waals surface area contributed by atoms with Crippen LogP contribution in [-0.2, 0) is 55.6 Å². The Morgan fingerprint density at radius 3 is 1.04 bits per heavy atom. The first-order chi connectivity index (χ1) is 37.7. The molecule has 0 radical (unpaired) electrons. The number of sulfonamides is 2. The molecule has 18 heteroatoms. The van der Waals surface area contributed by atoms with Crippen molar-refractivity contribution in [3.8, 4) is 23.0 Å². The number of ether oxygens (including phenoxy) is 4. The lowest BCUT2D eigenvalue weighted by molar-refractivity contribution is -0.119. The van der Waals surface area contributed by atoms with Crippen molar-refractivity contribution < 1.29 is 55.0 Å². The highest BCUT2D eigenvalue weighted by Gasteiger charge is 2.38. The van der Waals surface area contributed by atoms with Crippen molar-refractivity contribution in [2.24, 2.45) is 0 Å². The van der Waals surface area contributed by atoms with E-state index >= 15 is 0 Å². The molecule has 8 aromatic rings. The zero-order valence-electron chi connectivity index (χ0n) is 43.3. The Morgan fingerprint density at radius 2 is 0.718 bits per heavy atom. The van der Waals surface area contributed by atoms with Crippen LogP contribution in [-0.4, -0.2) is 66.9 Å². The smallest absolute Gasteiger partial charge is 0.264 e. The van der Waals surface area contributed by atoms with Gasteiger partial charge >= 0.3 is 0 Å². The van der Waals surface area contributed by atoms with Crippen LogP contribution in [0.25, 0.3) is 21.5 Å². The van der Waals surface area contributed by atoms with E-state index in [2.05, 4.69) is 9.44 Å². The Balaban J connectivity index is 0.000000190. The third kappa shape index (κ3) is 11.1. The summed E-state index contributed by atoms with van der Waals surface area (Å²) in [5.74, 6) is 0.764. The second-order valence-electron chi connectivity index (χ2n) is 18.0. The molecule has 0 unspecified atom stereocenters. The van der Waals surface area contributed by atoms with Crippen LogP contribution in [0, 0.1) is 0 Å². The van der Waals surface area contributed by atoms with E-state index in [9.17, 15) is 36.0 Å². The number of benzene rings is 8. The lowest BCUT2D eigenvalue weighted by atomic mass is 9.99. The van der Waals surface area contributed by atoms with Crippen molar-refractivity contribution >= 4 is 76.6 Å². The molecule has 0 aliphatic carbocycles. The van der Waals surface area contributed by atoms with Gasteiger partial charge in [0.1, 0.15) is 23.0 Å². The van der Waals surface area contributed by atoms with E-state index in [-0.39, 0.29) is 34.4 Å². The first-order valence-electron chi connectivity index (χ1n) is 25.4. The zero-order valence-corrected chi connectivity index (χ0v) is 44.9. The molecule has 16 nitrogen and oxygen atoms in total. The van der Waals surface area contributed by atoms with Gasteiger partial charge in [-0.2, -0.15) is 0 Å². The van der Waals surface area contributed by atoms with E-state index in [4.69, 9.17) is 18.9 Å². The maximum Gasteiger partial charge on any atom is 0.264 e. The molecule has 0 fully saturated rings. The number of nitrogens with zero attached hydrogens (tertiary/aromatic N) is 2. The van der Waals surface area contributed by atoms with Crippen molar-refractivity contribution in [3.63, 3.8) is 0 Å². The fraction of sp³-hybridized carbons (Fsp3) is 0.200. The lowest BCUT2D eigenvalue weighted by Crippen LogP contribution is -2.31. The average molecular weight is 1090 g/mol. The van der Waals surface area contributed by atoms with Gasteiger partial charge in [0.2, 0.25) is 11.8 Å². The summed E-state index contributed by atoms with van der Waals surface area (Å²) in [7, 11) is -7.90. The molecule has 4 amide bonds. The summed E-state index contributed by atoms with van der Waals surface area (Å²) >= 11 is 0. The molecule has 2 aliphatic rings. The second kappa shape index (κ2) is 23.2. The number of carbonyl (C=O) groups excluding carboxylic acids is 4. The summed E-state index contributed by atoms with van der Waals surface area (Å²) in [6.07, 6.45) is -0.260. The predicted molar refractivity (Wildman–Crippen MR) is 297 cm³/mol. The van der Waals surface area contributed by atoms with Gasteiger partial charge in [-0.3, -0.25) is 19.2 Å². The summed E-state index contributed by atoms with van der Waals surface area (Å²) in [6.45, 7) is 9.93. The van der Waals surface area contributed by atoms with Gasteiger partial charge in [0.25, 0.3) is 31.9 Å². The van der Waals surface area contributed by atoms with Gasteiger partial charge in [-0.25, -0.2) is 26.3 Å². The van der Waals surface area contributed by atoms with E-state index in [1.54, 1.807) is 94.7 Å². The SMILES string of the molecule is CCOc1c2c(c(OCC)c3ccccc13)C(=O)N(c1ccc(CC(=O)NS(=O)(=O)c3ccccc3)cc1)C2.CCOc1c2c(c(OCC)c3ccccc13)C(=O)N(c1ccc(CC(=O)NS(=O)(=O)c3ccccc3)cc1)C2. The van der Waals surface area contributed by atoms with Crippen LogP contribution in [0.5, 0.6) is 23.0 Å². The van der Waals surface area contributed by atoms with E-state index in [1.807, 2.05) is 76.2 Å². The van der Waals surface area contributed by atoms with Crippen molar-refractivity contribution in [2.75, 3.05) is 36.2 Å². The number of nitrogens with one attached hydrogen (secondary N) is 2. The third-order valence-electron chi connectivity index (χ3n) is 13.0. The number of amides is 4. The van der Waals surface area contributed by atoms with Crippen LogP contribution in [0.1, 0.15) is 70.7 Å². The zero-order chi connectivity index (χ0) is 55.1. The molecule has 400 valence electrons. The number of carbonyl (C=O) groups is 4. The van der Waals surface area contributed by atoms with Gasteiger partial charge in [0, 0.05) is 44.0 Å². The third-order valence-corrected chi connectivity index (χ3v) is 15.8. The standard InChI is InChI=1S/2C30H28N2O6S/c2*1-3-37-28-23-12-8-9-13-24(23)29(38-4-2)27-25(28)19-32(30(27)34)21-16-14-20(15-17-21)18-26(33)31-39(35,36)22-10-6-5-7-11-22/h2*5-17H,3-4,18-19H2,1-2H3,(H,31,33). The Morgan fingerprint density at radius 1 is 0.423 bits per heavy atom. The summed E-state index contributed by atoms with van der Waals surface area (Å²) in [6, 6.07) is 44.8. The molecular formula is C60H56N4O12S2. The summed E-state index contributed by atoms with van der Waals surface area (Å²) in [5, 5.41) is 3.43. The van der Waals surface area contributed by atoms with Crippen LogP contribution in [0.2, 0.25) is 0 Å². The molecule has 78 heavy (non-hydrogen) atoms. The quantitative estimate of drug-likeness (QED) is 0.0825. The summed E-state index contributed by atoms with van der Waals surface area (Å²) in [5.41, 5.74) is 5.05. The molecule has 8 aromatic carbocycles. The minimum atomic E-state index is -3.95. The van der Waals surface area contributed by atoms with Crippen LogP contribution < -0.4 is 38.2 Å².